The molecule has 0 spiro atoms. The highest BCUT2D eigenvalue weighted by Crippen LogP contribution is 2.52. The number of carbonyl (C=O) groups is 2. The molecule has 3 rings (SSSR count). The normalized spacial score (nSPS) is 19.2. The Hall–Kier alpha value is -3.37. The maximum absolute atomic E-state index is 13.0. The van der Waals surface area contributed by atoms with Crippen molar-refractivity contribution in [2.24, 2.45) is 11.1 Å². The van der Waals surface area contributed by atoms with Crippen LogP contribution >= 0.6 is 23.2 Å². The lowest BCUT2D eigenvalue weighted by atomic mass is 9.79. The van der Waals surface area contributed by atoms with Crippen LogP contribution in [0.4, 0.5) is 4.79 Å². The number of urea groups is 1. The monoisotopic (exact) mass is 493 g/mol. The number of carboxylic acid groups (broad SMARTS) is 1. The van der Waals surface area contributed by atoms with Gasteiger partial charge in [0.1, 0.15) is 5.03 Å². The van der Waals surface area contributed by atoms with Crippen molar-refractivity contribution in [2.45, 2.75) is 33.4 Å². The van der Waals surface area contributed by atoms with Crippen molar-refractivity contribution in [3.8, 4) is 0 Å². The molecule has 1 aliphatic heterocycles. The summed E-state index contributed by atoms with van der Waals surface area (Å²) in [5, 5.41) is 25.6. The molecule has 2 aromatic rings. The van der Waals surface area contributed by atoms with Gasteiger partial charge in [-0.05, 0) is 24.5 Å². The molecule has 12 heteroatoms. The van der Waals surface area contributed by atoms with Gasteiger partial charge in [-0.15, -0.1) is 0 Å². The Bertz CT molecular complexity index is 1240. The number of hydrogen-bond donors (Lipinski definition) is 2. The smallest absolute Gasteiger partial charge is 0.356 e. The summed E-state index contributed by atoms with van der Waals surface area (Å²) in [6, 6.07) is 6.69. The van der Waals surface area contributed by atoms with E-state index in [-0.39, 0.29) is 27.0 Å². The van der Waals surface area contributed by atoms with Gasteiger partial charge in [0.25, 0.3) is 0 Å². The molecule has 0 aliphatic carbocycles. The summed E-state index contributed by atoms with van der Waals surface area (Å²) in [6.07, 6.45) is 1.21. The first kappa shape index (κ1) is 24.3. The van der Waals surface area contributed by atoms with Gasteiger partial charge in [-0.1, -0.05) is 62.2 Å². The van der Waals surface area contributed by atoms with E-state index >= 15 is 0 Å². The van der Waals surface area contributed by atoms with E-state index in [1.54, 1.807) is 45.0 Å². The van der Waals surface area contributed by atoms with Crippen LogP contribution in [0, 0.1) is 15.5 Å². The number of rotatable bonds is 4. The number of benzene rings is 1. The minimum atomic E-state index is -2.02. The summed E-state index contributed by atoms with van der Waals surface area (Å²) < 4.78 is 0.984. The number of carboxylic acids is 1. The number of amides is 2. The predicted molar refractivity (Wildman–Crippen MR) is 122 cm³/mol. The van der Waals surface area contributed by atoms with Crippen molar-refractivity contribution in [1.29, 1.82) is 0 Å². The summed E-state index contributed by atoms with van der Waals surface area (Å²) in [5.41, 5.74) is 2.79. The Kier molecular flexibility index (Phi) is 6.03. The molecule has 1 unspecified atom stereocenters. The van der Waals surface area contributed by atoms with Gasteiger partial charge in [-0.3, -0.25) is 15.0 Å². The molecular formula is C21H21Cl2N5O5. The number of hydrogen-bond acceptors (Lipinski definition) is 5. The second kappa shape index (κ2) is 8.20. The average Bonchev–Trinajstić information content (AvgIpc) is 3.17. The van der Waals surface area contributed by atoms with Gasteiger partial charge in [0.2, 0.25) is 5.66 Å². The van der Waals surface area contributed by atoms with Gasteiger partial charge in [0.05, 0.1) is 10.6 Å². The Labute approximate surface area is 199 Å². The van der Waals surface area contributed by atoms with Crippen molar-refractivity contribution in [2.75, 3.05) is 0 Å². The summed E-state index contributed by atoms with van der Waals surface area (Å²) >= 11 is 13.2. The maximum atomic E-state index is 13.0. The molecule has 2 heterocycles. The Balaban J connectivity index is 2.55. The van der Waals surface area contributed by atoms with Crippen LogP contribution in [0.1, 0.15) is 43.7 Å². The molecule has 0 fully saturated rings. The minimum absolute atomic E-state index is 0.158. The zero-order chi connectivity index (χ0) is 24.9. The fraction of sp³-hybridized carbons (Fsp3) is 0.286. The molecule has 0 bridgehead atoms. The molecule has 1 aromatic carbocycles. The van der Waals surface area contributed by atoms with Crippen LogP contribution in [0.3, 0.4) is 0 Å². The number of aromatic carboxylic acids is 1. The molecule has 0 saturated carbocycles. The van der Waals surface area contributed by atoms with Crippen molar-refractivity contribution < 1.29 is 19.6 Å². The zero-order valence-electron chi connectivity index (χ0n) is 18.2. The first-order chi connectivity index (χ1) is 15.2. The summed E-state index contributed by atoms with van der Waals surface area (Å²) in [4.78, 5) is 37.0. The van der Waals surface area contributed by atoms with Gasteiger partial charge >= 0.3 is 17.7 Å². The fourth-order valence-electron chi connectivity index (χ4n) is 3.93. The Morgan fingerprint density at radius 3 is 2.27 bits per heavy atom. The Morgan fingerprint density at radius 1 is 1.21 bits per heavy atom. The largest absolute Gasteiger partial charge is 0.476 e. The third-order valence-corrected chi connectivity index (χ3v) is 6.01. The molecule has 3 N–H and O–H groups in total. The van der Waals surface area contributed by atoms with Crippen LogP contribution in [0.25, 0.3) is 5.70 Å². The second-order valence-electron chi connectivity index (χ2n) is 8.52. The highest BCUT2D eigenvalue weighted by atomic mass is 35.5. The second-order valence-corrected chi connectivity index (χ2v) is 9.30. The molecule has 1 atom stereocenters. The van der Waals surface area contributed by atoms with E-state index in [0.29, 0.717) is 5.56 Å². The van der Waals surface area contributed by atoms with Crippen molar-refractivity contribution in [3.05, 3.63) is 79.2 Å². The van der Waals surface area contributed by atoms with Crippen LogP contribution < -0.4 is 5.73 Å². The minimum Gasteiger partial charge on any atom is -0.476 e. The van der Waals surface area contributed by atoms with Crippen LogP contribution in [0.15, 0.2) is 52.8 Å². The van der Waals surface area contributed by atoms with Crippen molar-refractivity contribution in [3.63, 3.8) is 0 Å². The SMILES string of the molecule is CC(C)(C)C1=C(c2ccccc2Cl)N(C(N)=O)C(C)(n2ccc(C(=O)O)n2)C([N+](=O)[O-])=C1Cl. The van der Waals surface area contributed by atoms with Crippen LogP contribution in [-0.4, -0.2) is 36.7 Å². The Morgan fingerprint density at radius 2 is 1.82 bits per heavy atom. The topological polar surface area (TPSA) is 145 Å². The molecule has 1 aromatic heterocycles. The standard InChI is InChI=1S/C21H21Cl2N5O5/c1-20(2,3)14-15(23)17(28(32)33)21(4,26-10-9-13(25-26)18(29)30)27(19(24)31)16(14)11-7-5-6-8-12(11)22/h5-10H,1-4H3,(H2,24,31)(H,29,30). The number of aromatic nitrogens is 2. The van der Waals surface area contributed by atoms with Gasteiger partial charge in [-0.2, -0.15) is 5.10 Å². The van der Waals surface area contributed by atoms with Gasteiger partial charge in [0.15, 0.2) is 5.69 Å². The first-order valence-electron chi connectivity index (χ1n) is 9.66. The molecule has 0 saturated heterocycles. The van der Waals surface area contributed by atoms with Crippen molar-refractivity contribution >= 4 is 40.9 Å². The third-order valence-electron chi connectivity index (χ3n) is 5.31. The molecule has 2 amide bonds. The average molecular weight is 494 g/mol. The van der Waals surface area contributed by atoms with E-state index in [1.807, 2.05) is 0 Å². The van der Waals surface area contributed by atoms with E-state index in [0.717, 1.165) is 15.6 Å². The number of carbonyl (C=O) groups excluding carboxylic acids is 1. The van der Waals surface area contributed by atoms with Gasteiger partial charge in [0, 0.05) is 22.4 Å². The fourth-order valence-corrected chi connectivity index (χ4v) is 4.77. The van der Waals surface area contributed by atoms with E-state index in [1.165, 1.54) is 13.1 Å². The number of nitrogens with zero attached hydrogens (tertiary/aromatic N) is 4. The third kappa shape index (κ3) is 3.85. The lowest BCUT2D eigenvalue weighted by molar-refractivity contribution is -0.444. The first-order valence-corrected chi connectivity index (χ1v) is 10.4. The lowest BCUT2D eigenvalue weighted by Gasteiger charge is -2.45. The molecular weight excluding hydrogens is 473 g/mol. The summed E-state index contributed by atoms with van der Waals surface area (Å²) in [5.74, 6) is -1.35. The molecule has 10 nitrogen and oxygen atoms in total. The molecule has 1 aliphatic rings. The summed E-state index contributed by atoms with van der Waals surface area (Å²) in [6.45, 7) is 6.64. The number of nitro groups is 1. The van der Waals surface area contributed by atoms with Crippen LogP contribution in [0.5, 0.6) is 0 Å². The molecule has 33 heavy (non-hydrogen) atoms. The number of halogens is 2. The quantitative estimate of drug-likeness (QED) is 0.473. The van der Waals surface area contributed by atoms with Crippen LogP contribution in [0.2, 0.25) is 5.02 Å². The zero-order valence-corrected chi connectivity index (χ0v) is 19.7. The highest BCUT2D eigenvalue weighted by molar-refractivity contribution is 6.34. The van der Waals surface area contributed by atoms with E-state index < -0.39 is 33.7 Å². The number of nitrogens with two attached hydrogens (primary N) is 1. The lowest BCUT2D eigenvalue weighted by Crippen LogP contribution is -2.57. The predicted octanol–water partition coefficient (Wildman–Crippen LogP) is 4.49. The van der Waals surface area contributed by atoms with Gasteiger partial charge in [-0.25, -0.2) is 14.3 Å². The van der Waals surface area contributed by atoms with E-state index in [9.17, 15) is 24.8 Å². The van der Waals surface area contributed by atoms with Crippen LogP contribution in [-0.2, 0) is 5.66 Å². The molecule has 0 radical (unpaired) electrons. The van der Waals surface area contributed by atoms with Crippen molar-refractivity contribution in [1.82, 2.24) is 14.7 Å². The molecule has 174 valence electrons. The van der Waals surface area contributed by atoms with E-state index in [4.69, 9.17) is 28.9 Å². The summed E-state index contributed by atoms with van der Waals surface area (Å²) in [7, 11) is 0. The number of allylic oxidation sites excluding steroid dienone is 2. The van der Waals surface area contributed by atoms with E-state index in [2.05, 4.69) is 5.10 Å². The van der Waals surface area contributed by atoms with Gasteiger partial charge < -0.3 is 10.8 Å². The maximum Gasteiger partial charge on any atom is 0.356 e. The number of primary amides is 1. The highest BCUT2D eigenvalue weighted by Gasteiger charge is 2.57.